The Morgan fingerprint density at radius 1 is 0.962 bits per heavy atom. The van der Waals surface area contributed by atoms with Crippen molar-refractivity contribution in [3.63, 3.8) is 0 Å². The van der Waals surface area contributed by atoms with Gasteiger partial charge in [0.1, 0.15) is 18.1 Å². The van der Waals surface area contributed by atoms with E-state index in [1.165, 1.54) is 0 Å². The molecule has 0 aliphatic heterocycles. The Bertz CT molecular complexity index is 877. The first kappa shape index (κ1) is 17.8. The highest BCUT2D eigenvalue weighted by Crippen LogP contribution is 2.21. The highest BCUT2D eigenvalue weighted by molar-refractivity contribution is 6.30. The zero-order valence-corrected chi connectivity index (χ0v) is 15.0. The average Bonchev–Trinajstić information content (AvgIpc) is 2.68. The SMILES string of the molecule is COc1ccccc1C(=O)Nc1ccc(OCc2ccc(Cl)cc2)cc1. The fourth-order valence-corrected chi connectivity index (χ4v) is 2.54. The van der Waals surface area contributed by atoms with Crippen LogP contribution in [0.15, 0.2) is 72.8 Å². The van der Waals surface area contributed by atoms with Crippen molar-refractivity contribution < 1.29 is 14.3 Å². The van der Waals surface area contributed by atoms with Crippen LogP contribution in [0.4, 0.5) is 5.69 Å². The lowest BCUT2D eigenvalue weighted by Crippen LogP contribution is -2.13. The van der Waals surface area contributed by atoms with Crippen molar-refractivity contribution in [2.75, 3.05) is 12.4 Å². The summed E-state index contributed by atoms with van der Waals surface area (Å²) in [7, 11) is 1.54. The first-order valence-corrected chi connectivity index (χ1v) is 8.45. The maximum absolute atomic E-state index is 12.4. The van der Waals surface area contributed by atoms with Crippen molar-refractivity contribution in [2.45, 2.75) is 6.61 Å². The second kappa shape index (κ2) is 8.41. The number of amides is 1. The van der Waals surface area contributed by atoms with Gasteiger partial charge in [-0.3, -0.25) is 4.79 Å². The highest BCUT2D eigenvalue weighted by atomic mass is 35.5. The second-order valence-corrected chi connectivity index (χ2v) is 6.03. The van der Waals surface area contributed by atoms with E-state index in [1.807, 2.05) is 42.5 Å². The molecule has 0 aromatic heterocycles. The third kappa shape index (κ3) is 4.55. The predicted molar refractivity (Wildman–Crippen MR) is 103 cm³/mol. The molecule has 132 valence electrons. The van der Waals surface area contributed by atoms with Gasteiger partial charge < -0.3 is 14.8 Å². The molecule has 3 aromatic rings. The molecular formula is C21H18ClNO3. The van der Waals surface area contributed by atoms with Crippen LogP contribution >= 0.6 is 11.6 Å². The third-order valence-corrected chi connectivity index (χ3v) is 4.03. The Labute approximate surface area is 157 Å². The monoisotopic (exact) mass is 367 g/mol. The van der Waals surface area contributed by atoms with Crippen LogP contribution in [0.2, 0.25) is 5.02 Å². The van der Waals surface area contributed by atoms with Crippen LogP contribution in [0.25, 0.3) is 0 Å². The van der Waals surface area contributed by atoms with Gasteiger partial charge in [0.05, 0.1) is 12.7 Å². The van der Waals surface area contributed by atoms with Crippen LogP contribution in [-0.2, 0) is 6.61 Å². The molecule has 0 aliphatic rings. The van der Waals surface area contributed by atoms with Crippen LogP contribution in [0.3, 0.4) is 0 Å². The number of methoxy groups -OCH3 is 1. The summed E-state index contributed by atoms with van der Waals surface area (Å²) >= 11 is 5.87. The Balaban J connectivity index is 1.60. The maximum Gasteiger partial charge on any atom is 0.259 e. The van der Waals surface area contributed by atoms with Crippen molar-refractivity contribution in [3.8, 4) is 11.5 Å². The minimum absolute atomic E-state index is 0.225. The summed E-state index contributed by atoms with van der Waals surface area (Å²) < 4.78 is 11.0. The number of nitrogens with one attached hydrogen (secondary N) is 1. The van der Waals surface area contributed by atoms with E-state index in [0.29, 0.717) is 28.6 Å². The van der Waals surface area contributed by atoms with Crippen molar-refractivity contribution >= 4 is 23.2 Å². The first-order chi connectivity index (χ1) is 12.7. The number of carbonyl (C=O) groups excluding carboxylic acids is 1. The van der Waals surface area contributed by atoms with Gasteiger partial charge in [-0.25, -0.2) is 0 Å². The smallest absolute Gasteiger partial charge is 0.259 e. The van der Waals surface area contributed by atoms with Crippen molar-refractivity contribution in [3.05, 3.63) is 88.9 Å². The number of ether oxygens (including phenoxy) is 2. The Kier molecular flexibility index (Phi) is 5.77. The van der Waals surface area contributed by atoms with E-state index in [-0.39, 0.29) is 5.91 Å². The van der Waals surface area contributed by atoms with Gasteiger partial charge in [0, 0.05) is 10.7 Å². The molecule has 0 aliphatic carbocycles. The molecule has 0 radical (unpaired) electrons. The topological polar surface area (TPSA) is 47.6 Å². The zero-order valence-electron chi connectivity index (χ0n) is 14.2. The summed E-state index contributed by atoms with van der Waals surface area (Å²) in [4.78, 5) is 12.4. The quantitative estimate of drug-likeness (QED) is 0.653. The summed E-state index contributed by atoms with van der Waals surface area (Å²) in [6.07, 6.45) is 0. The van der Waals surface area contributed by atoms with Crippen LogP contribution in [0, 0.1) is 0 Å². The maximum atomic E-state index is 12.4. The fraction of sp³-hybridized carbons (Fsp3) is 0.0952. The minimum Gasteiger partial charge on any atom is -0.496 e. The van der Waals surface area contributed by atoms with Crippen molar-refractivity contribution in [2.24, 2.45) is 0 Å². The summed E-state index contributed by atoms with van der Waals surface area (Å²) in [5, 5.41) is 3.55. The molecule has 1 N–H and O–H groups in total. The van der Waals surface area contributed by atoms with Crippen LogP contribution in [0.1, 0.15) is 15.9 Å². The van der Waals surface area contributed by atoms with Gasteiger partial charge in [0.15, 0.2) is 0 Å². The van der Waals surface area contributed by atoms with Crippen LogP contribution in [-0.4, -0.2) is 13.0 Å². The van der Waals surface area contributed by atoms with Crippen molar-refractivity contribution in [1.29, 1.82) is 0 Å². The number of hydrogen-bond acceptors (Lipinski definition) is 3. The van der Waals surface area contributed by atoms with Gasteiger partial charge in [-0.1, -0.05) is 35.9 Å². The van der Waals surface area contributed by atoms with Gasteiger partial charge in [-0.05, 0) is 54.1 Å². The number of carbonyl (C=O) groups is 1. The zero-order chi connectivity index (χ0) is 18.4. The van der Waals surface area contributed by atoms with Gasteiger partial charge in [-0.2, -0.15) is 0 Å². The van der Waals surface area contributed by atoms with E-state index in [9.17, 15) is 4.79 Å². The van der Waals surface area contributed by atoms with E-state index in [0.717, 1.165) is 11.3 Å². The lowest BCUT2D eigenvalue weighted by atomic mass is 10.2. The third-order valence-electron chi connectivity index (χ3n) is 3.78. The number of anilines is 1. The fourth-order valence-electron chi connectivity index (χ4n) is 2.41. The molecule has 0 heterocycles. The van der Waals surface area contributed by atoms with E-state index in [2.05, 4.69) is 5.32 Å². The average molecular weight is 368 g/mol. The molecule has 3 aromatic carbocycles. The Morgan fingerprint density at radius 2 is 1.65 bits per heavy atom. The lowest BCUT2D eigenvalue weighted by molar-refractivity contribution is 0.102. The Hall–Kier alpha value is -2.98. The van der Waals surface area contributed by atoms with Crippen LogP contribution < -0.4 is 14.8 Å². The molecule has 0 atom stereocenters. The molecule has 0 fully saturated rings. The number of rotatable bonds is 6. The highest BCUT2D eigenvalue weighted by Gasteiger charge is 2.11. The molecule has 0 bridgehead atoms. The number of para-hydroxylation sites is 1. The predicted octanol–water partition coefficient (Wildman–Crippen LogP) is 5.18. The van der Waals surface area contributed by atoms with E-state index in [1.54, 1.807) is 37.4 Å². The molecule has 0 spiro atoms. The number of benzene rings is 3. The molecule has 5 heteroatoms. The Morgan fingerprint density at radius 3 is 2.35 bits per heavy atom. The van der Waals surface area contributed by atoms with Crippen LogP contribution in [0.5, 0.6) is 11.5 Å². The summed E-state index contributed by atoms with van der Waals surface area (Å²) in [6, 6.07) is 21.8. The molecule has 1 amide bonds. The minimum atomic E-state index is -0.225. The van der Waals surface area contributed by atoms with Gasteiger partial charge >= 0.3 is 0 Å². The number of hydrogen-bond donors (Lipinski definition) is 1. The summed E-state index contributed by atoms with van der Waals surface area (Å²) in [5.41, 5.74) is 2.20. The largest absolute Gasteiger partial charge is 0.496 e. The number of halogens is 1. The van der Waals surface area contributed by atoms with Gasteiger partial charge in [0.25, 0.3) is 5.91 Å². The molecule has 0 saturated heterocycles. The summed E-state index contributed by atoms with van der Waals surface area (Å²) in [5.74, 6) is 1.03. The lowest BCUT2D eigenvalue weighted by Gasteiger charge is -2.10. The first-order valence-electron chi connectivity index (χ1n) is 8.07. The van der Waals surface area contributed by atoms with Gasteiger partial charge in [0.2, 0.25) is 0 Å². The molecular weight excluding hydrogens is 350 g/mol. The van der Waals surface area contributed by atoms with E-state index in [4.69, 9.17) is 21.1 Å². The molecule has 3 rings (SSSR count). The molecule has 26 heavy (non-hydrogen) atoms. The summed E-state index contributed by atoms with van der Waals surface area (Å²) in [6.45, 7) is 0.449. The second-order valence-electron chi connectivity index (χ2n) is 5.59. The molecule has 0 unspecified atom stereocenters. The molecule has 4 nitrogen and oxygen atoms in total. The van der Waals surface area contributed by atoms with E-state index < -0.39 is 0 Å². The van der Waals surface area contributed by atoms with Gasteiger partial charge in [-0.15, -0.1) is 0 Å². The normalized spacial score (nSPS) is 10.2. The standard InChI is InChI=1S/C21H18ClNO3/c1-25-20-5-3-2-4-19(20)21(24)23-17-10-12-18(13-11-17)26-14-15-6-8-16(22)9-7-15/h2-13H,14H2,1H3,(H,23,24). The van der Waals surface area contributed by atoms with E-state index >= 15 is 0 Å². The van der Waals surface area contributed by atoms with Crippen molar-refractivity contribution in [1.82, 2.24) is 0 Å². The molecule has 0 saturated carbocycles.